The average Bonchev–Trinajstić information content (AvgIpc) is 1.98. The minimum atomic E-state index is -0.252. The molecule has 1 atom stereocenters. The van der Waals surface area contributed by atoms with Crippen LogP contribution in [0.3, 0.4) is 0 Å². The summed E-state index contributed by atoms with van der Waals surface area (Å²) in [5, 5.41) is 0. The first-order valence-corrected chi connectivity index (χ1v) is 4.03. The van der Waals surface area contributed by atoms with Crippen LogP contribution in [0.2, 0.25) is 0 Å². The summed E-state index contributed by atoms with van der Waals surface area (Å²) >= 11 is 5.61. The fourth-order valence-electron chi connectivity index (χ4n) is 1.21. The molecule has 0 N–H and O–H groups in total. The molecular weight excluding hydrogens is 150 g/mol. The molecule has 2 nitrogen and oxygen atoms in total. The van der Waals surface area contributed by atoms with Gasteiger partial charge in [0.1, 0.15) is 0 Å². The molecule has 0 aromatic heterocycles. The van der Waals surface area contributed by atoms with Crippen molar-refractivity contribution in [1.29, 1.82) is 0 Å². The minimum absolute atomic E-state index is 0.199. The second-order valence-electron chi connectivity index (χ2n) is 3.01. The summed E-state index contributed by atoms with van der Waals surface area (Å²) in [6.07, 6.45) is 0. The summed E-state index contributed by atoms with van der Waals surface area (Å²) in [5.41, 5.74) is -0.252. The van der Waals surface area contributed by atoms with Crippen LogP contribution in [0.15, 0.2) is 0 Å². The monoisotopic (exact) mass is 161 g/mol. The summed E-state index contributed by atoms with van der Waals surface area (Å²) in [6.45, 7) is 5.53. The molecule has 1 aliphatic heterocycles. The number of carbonyl (C=O) groups is 1. The lowest BCUT2D eigenvalue weighted by Gasteiger charge is -2.45. The van der Waals surface area contributed by atoms with Crippen molar-refractivity contribution in [1.82, 2.24) is 4.90 Å². The third kappa shape index (κ3) is 0.908. The normalized spacial score (nSPS) is 32.3. The SMILES string of the molecule is CCN1CC(C)(CCl)C1=O. The predicted molar refractivity (Wildman–Crippen MR) is 41.1 cm³/mol. The number of amides is 1. The maximum absolute atomic E-state index is 11.2. The number of alkyl halides is 1. The van der Waals surface area contributed by atoms with E-state index in [0.29, 0.717) is 5.88 Å². The van der Waals surface area contributed by atoms with Crippen molar-refractivity contribution in [2.75, 3.05) is 19.0 Å². The first kappa shape index (κ1) is 7.86. The van der Waals surface area contributed by atoms with E-state index >= 15 is 0 Å². The third-order valence-electron chi connectivity index (χ3n) is 2.02. The standard InChI is InChI=1S/C7H12ClNO/c1-3-9-5-7(2,4-8)6(9)10/h3-5H2,1-2H3. The molecule has 0 spiro atoms. The molecule has 0 aliphatic carbocycles. The molecule has 1 unspecified atom stereocenters. The van der Waals surface area contributed by atoms with E-state index in [2.05, 4.69) is 0 Å². The molecule has 10 heavy (non-hydrogen) atoms. The Morgan fingerprint density at radius 2 is 2.40 bits per heavy atom. The highest BCUT2D eigenvalue weighted by Crippen LogP contribution is 2.31. The largest absolute Gasteiger partial charge is 0.341 e. The Morgan fingerprint density at radius 3 is 2.70 bits per heavy atom. The Labute approximate surface area is 66.1 Å². The van der Waals surface area contributed by atoms with Gasteiger partial charge in [-0.3, -0.25) is 4.79 Å². The predicted octanol–water partition coefficient (Wildman–Crippen LogP) is 1.09. The van der Waals surface area contributed by atoms with Crippen molar-refractivity contribution < 1.29 is 4.79 Å². The highest BCUT2D eigenvalue weighted by atomic mass is 35.5. The van der Waals surface area contributed by atoms with E-state index < -0.39 is 0 Å². The van der Waals surface area contributed by atoms with Crippen molar-refractivity contribution >= 4 is 17.5 Å². The molecule has 1 fully saturated rings. The number of likely N-dealkylation sites (tertiary alicyclic amines) is 1. The molecule has 0 radical (unpaired) electrons. The van der Waals surface area contributed by atoms with E-state index in [-0.39, 0.29) is 11.3 Å². The summed E-state index contributed by atoms with van der Waals surface area (Å²) in [4.78, 5) is 13.0. The molecule has 1 heterocycles. The van der Waals surface area contributed by atoms with Gasteiger partial charge in [-0.05, 0) is 13.8 Å². The Kier molecular flexibility index (Phi) is 1.90. The van der Waals surface area contributed by atoms with Gasteiger partial charge in [-0.2, -0.15) is 0 Å². The first-order valence-electron chi connectivity index (χ1n) is 3.49. The van der Waals surface area contributed by atoms with Crippen LogP contribution in [0.5, 0.6) is 0 Å². The summed E-state index contributed by atoms with van der Waals surface area (Å²) in [7, 11) is 0. The van der Waals surface area contributed by atoms with Crippen LogP contribution in [-0.2, 0) is 4.79 Å². The van der Waals surface area contributed by atoms with Crippen LogP contribution < -0.4 is 0 Å². The molecule has 1 aliphatic rings. The van der Waals surface area contributed by atoms with Crippen LogP contribution in [0.1, 0.15) is 13.8 Å². The van der Waals surface area contributed by atoms with Gasteiger partial charge in [0.2, 0.25) is 5.91 Å². The van der Waals surface area contributed by atoms with Gasteiger partial charge >= 0.3 is 0 Å². The van der Waals surface area contributed by atoms with E-state index in [4.69, 9.17) is 11.6 Å². The molecule has 1 rings (SSSR count). The van der Waals surface area contributed by atoms with Crippen LogP contribution in [0.25, 0.3) is 0 Å². The van der Waals surface area contributed by atoms with Gasteiger partial charge in [0.25, 0.3) is 0 Å². The van der Waals surface area contributed by atoms with Gasteiger partial charge in [-0.15, -0.1) is 11.6 Å². The molecule has 1 saturated heterocycles. The zero-order valence-corrected chi connectivity index (χ0v) is 7.11. The van der Waals surface area contributed by atoms with E-state index in [0.717, 1.165) is 13.1 Å². The van der Waals surface area contributed by atoms with E-state index in [1.165, 1.54) is 0 Å². The van der Waals surface area contributed by atoms with Gasteiger partial charge in [0.15, 0.2) is 0 Å². The number of rotatable bonds is 2. The van der Waals surface area contributed by atoms with Crippen molar-refractivity contribution in [3.8, 4) is 0 Å². The van der Waals surface area contributed by atoms with E-state index in [1.807, 2.05) is 18.7 Å². The molecule has 0 saturated carbocycles. The average molecular weight is 162 g/mol. The van der Waals surface area contributed by atoms with Gasteiger partial charge in [0.05, 0.1) is 5.41 Å². The van der Waals surface area contributed by atoms with Crippen molar-refractivity contribution in [2.24, 2.45) is 5.41 Å². The lowest BCUT2D eigenvalue weighted by molar-refractivity contribution is -0.155. The first-order chi connectivity index (χ1) is 4.64. The van der Waals surface area contributed by atoms with E-state index in [9.17, 15) is 4.79 Å². The summed E-state index contributed by atoms with van der Waals surface area (Å²) < 4.78 is 0. The second kappa shape index (κ2) is 2.42. The lowest BCUT2D eigenvalue weighted by Crippen LogP contribution is -2.60. The lowest BCUT2D eigenvalue weighted by atomic mass is 9.83. The number of β-lactam (4-membered cyclic amide) rings is 1. The smallest absolute Gasteiger partial charge is 0.231 e. The van der Waals surface area contributed by atoms with Crippen molar-refractivity contribution in [3.63, 3.8) is 0 Å². The maximum Gasteiger partial charge on any atom is 0.231 e. The molecule has 3 heteroatoms. The molecule has 0 bridgehead atoms. The Balaban J connectivity index is 2.53. The molecule has 0 aromatic rings. The van der Waals surface area contributed by atoms with Gasteiger partial charge < -0.3 is 4.90 Å². The fraction of sp³-hybridized carbons (Fsp3) is 0.857. The van der Waals surface area contributed by atoms with Crippen LogP contribution in [0, 0.1) is 5.41 Å². The number of halogens is 1. The Bertz CT molecular complexity index is 160. The summed E-state index contributed by atoms with van der Waals surface area (Å²) in [5.74, 6) is 0.646. The second-order valence-corrected chi connectivity index (χ2v) is 3.28. The van der Waals surface area contributed by atoms with Gasteiger partial charge in [-0.25, -0.2) is 0 Å². The Hall–Kier alpha value is -0.240. The highest BCUT2D eigenvalue weighted by molar-refractivity contribution is 6.20. The number of nitrogens with zero attached hydrogens (tertiary/aromatic N) is 1. The highest BCUT2D eigenvalue weighted by Gasteiger charge is 2.46. The van der Waals surface area contributed by atoms with Crippen LogP contribution >= 0.6 is 11.6 Å². The third-order valence-corrected chi connectivity index (χ3v) is 2.61. The van der Waals surface area contributed by atoms with E-state index in [1.54, 1.807) is 0 Å². The Morgan fingerprint density at radius 1 is 1.80 bits per heavy atom. The van der Waals surface area contributed by atoms with Crippen LogP contribution in [-0.4, -0.2) is 29.8 Å². The van der Waals surface area contributed by atoms with Gasteiger partial charge in [-0.1, -0.05) is 0 Å². The maximum atomic E-state index is 11.2. The summed E-state index contributed by atoms with van der Waals surface area (Å²) in [6, 6.07) is 0. The van der Waals surface area contributed by atoms with Gasteiger partial charge in [0, 0.05) is 19.0 Å². The number of carbonyl (C=O) groups excluding carboxylic acids is 1. The quantitative estimate of drug-likeness (QED) is 0.439. The zero-order valence-electron chi connectivity index (χ0n) is 6.35. The fourth-order valence-corrected chi connectivity index (χ4v) is 1.40. The van der Waals surface area contributed by atoms with Crippen molar-refractivity contribution in [2.45, 2.75) is 13.8 Å². The molecule has 0 aromatic carbocycles. The molecular formula is C7H12ClNO. The molecule has 58 valence electrons. The zero-order chi connectivity index (χ0) is 7.78. The topological polar surface area (TPSA) is 20.3 Å². The van der Waals surface area contributed by atoms with Crippen molar-refractivity contribution in [3.05, 3.63) is 0 Å². The number of hydrogen-bond acceptors (Lipinski definition) is 1. The minimum Gasteiger partial charge on any atom is -0.341 e. The van der Waals surface area contributed by atoms with Crippen LogP contribution in [0.4, 0.5) is 0 Å². The molecule has 1 amide bonds. The number of hydrogen-bond donors (Lipinski definition) is 0.